The molecule has 2 amide bonds. The molecule has 1 aromatic heterocycles. The Hall–Kier alpha value is -4.28. The van der Waals surface area contributed by atoms with Crippen LogP contribution in [0.5, 0.6) is 17.2 Å². The Labute approximate surface area is 242 Å². The van der Waals surface area contributed by atoms with E-state index >= 15 is 0 Å². The summed E-state index contributed by atoms with van der Waals surface area (Å²) in [7, 11) is 3.04. The van der Waals surface area contributed by atoms with Crippen LogP contribution in [0.25, 0.3) is 22.4 Å². The smallest absolute Gasteiger partial charge is 0.255 e. The SMILES string of the molecule is COc1cc(OC)cc(C(=O)Nc2ccc(Cl)c(-c3nc4ccc(OC(C)(C)C(C)(C)CC(=O)NO)cc4[nH]3)c2)c1. The number of hydrogen-bond donors (Lipinski definition) is 4. The number of amides is 2. The topological polar surface area (TPSA) is 135 Å². The summed E-state index contributed by atoms with van der Waals surface area (Å²) in [6, 6.07) is 15.5. The lowest BCUT2D eigenvalue weighted by atomic mass is 9.74. The molecule has 216 valence electrons. The third-order valence-electron chi connectivity index (χ3n) is 7.28. The molecule has 4 N–H and O–H groups in total. The number of halogens is 1. The van der Waals surface area contributed by atoms with E-state index in [1.54, 1.807) is 47.9 Å². The van der Waals surface area contributed by atoms with E-state index in [1.165, 1.54) is 14.2 Å². The zero-order chi connectivity index (χ0) is 29.9. The number of aromatic nitrogens is 2. The molecule has 0 unspecified atom stereocenters. The van der Waals surface area contributed by atoms with Gasteiger partial charge in [-0.3, -0.25) is 14.8 Å². The summed E-state index contributed by atoms with van der Waals surface area (Å²) in [5, 5.41) is 12.3. The fourth-order valence-corrected chi connectivity index (χ4v) is 4.40. The summed E-state index contributed by atoms with van der Waals surface area (Å²) in [5.74, 6) is 1.26. The molecule has 1 heterocycles. The van der Waals surface area contributed by atoms with E-state index in [2.05, 4.69) is 15.3 Å². The number of hydroxylamine groups is 1. The van der Waals surface area contributed by atoms with Crippen LogP contribution in [0.1, 0.15) is 44.5 Å². The first-order valence-electron chi connectivity index (χ1n) is 12.8. The number of fused-ring (bicyclic) bond motifs is 1. The Bertz CT molecular complexity index is 1580. The van der Waals surface area contributed by atoms with Crippen molar-refractivity contribution in [1.29, 1.82) is 0 Å². The number of H-pyrrole nitrogens is 1. The Morgan fingerprint density at radius 1 is 0.951 bits per heavy atom. The summed E-state index contributed by atoms with van der Waals surface area (Å²) >= 11 is 6.53. The molecule has 0 fully saturated rings. The van der Waals surface area contributed by atoms with Crippen LogP contribution in [0.15, 0.2) is 54.6 Å². The molecular formula is C30H33ClN4O6. The largest absolute Gasteiger partial charge is 0.497 e. The predicted octanol–water partition coefficient (Wildman–Crippen LogP) is 6.23. The molecule has 0 spiro atoms. The summed E-state index contributed by atoms with van der Waals surface area (Å²) in [6.45, 7) is 7.57. The van der Waals surface area contributed by atoms with Gasteiger partial charge in [-0.1, -0.05) is 25.4 Å². The summed E-state index contributed by atoms with van der Waals surface area (Å²) in [6.07, 6.45) is 0.0731. The second-order valence-corrected chi connectivity index (χ2v) is 11.1. The standard InChI is InChI=1S/C30H33ClN4O6/c1-29(2,16-26(36)35-38)30(3,4)41-19-8-10-24-25(15-19)34-27(33-24)22-13-18(7-9-23(22)31)32-28(37)17-11-20(39-5)14-21(12-17)40-6/h7-15,38H,16H2,1-6H3,(H,32,37)(H,33,34)(H,35,36). The first kappa shape index (κ1) is 29.7. The highest BCUT2D eigenvalue weighted by molar-refractivity contribution is 6.33. The average Bonchev–Trinajstić information content (AvgIpc) is 3.36. The number of hydrogen-bond acceptors (Lipinski definition) is 7. The van der Waals surface area contributed by atoms with E-state index < -0.39 is 16.9 Å². The quantitative estimate of drug-likeness (QED) is 0.129. The third kappa shape index (κ3) is 6.55. The average molecular weight is 581 g/mol. The molecule has 4 rings (SSSR count). The number of anilines is 1. The predicted molar refractivity (Wildman–Crippen MR) is 157 cm³/mol. The Morgan fingerprint density at radius 3 is 2.27 bits per heavy atom. The Kier molecular flexibility index (Phi) is 8.46. The van der Waals surface area contributed by atoms with Gasteiger partial charge in [-0.05, 0) is 56.3 Å². The van der Waals surface area contributed by atoms with Crippen molar-refractivity contribution in [3.05, 3.63) is 65.2 Å². The highest BCUT2D eigenvalue weighted by Gasteiger charge is 2.41. The number of imidazole rings is 1. The monoisotopic (exact) mass is 580 g/mol. The number of methoxy groups -OCH3 is 2. The minimum Gasteiger partial charge on any atom is -0.497 e. The van der Waals surface area contributed by atoms with Crippen molar-refractivity contribution in [2.24, 2.45) is 5.41 Å². The Morgan fingerprint density at radius 2 is 1.63 bits per heavy atom. The van der Waals surface area contributed by atoms with Crippen LogP contribution in [0.4, 0.5) is 5.69 Å². The molecule has 4 aromatic rings. The van der Waals surface area contributed by atoms with Gasteiger partial charge in [-0.15, -0.1) is 0 Å². The number of nitrogens with one attached hydrogen (secondary N) is 3. The molecule has 0 aliphatic heterocycles. The lowest BCUT2D eigenvalue weighted by molar-refractivity contribution is -0.134. The van der Waals surface area contributed by atoms with Gasteiger partial charge < -0.3 is 24.5 Å². The molecule has 3 aromatic carbocycles. The second kappa shape index (κ2) is 11.7. The van der Waals surface area contributed by atoms with Gasteiger partial charge in [0.2, 0.25) is 5.91 Å². The first-order valence-corrected chi connectivity index (χ1v) is 13.2. The normalized spacial score (nSPS) is 11.7. The Balaban J connectivity index is 1.58. The lowest BCUT2D eigenvalue weighted by Gasteiger charge is -2.41. The van der Waals surface area contributed by atoms with Crippen molar-refractivity contribution < 1.29 is 29.0 Å². The summed E-state index contributed by atoms with van der Waals surface area (Å²) in [4.78, 5) is 32.8. The highest BCUT2D eigenvalue weighted by atomic mass is 35.5. The third-order valence-corrected chi connectivity index (χ3v) is 7.61. The number of aromatic amines is 1. The maximum Gasteiger partial charge on any atom is 0.255 e. The van der Waals surface area contributed by atoms with E-state index in [9.17, 15) is 9.59 Å². The van der Waals surface area contributed by atoms with Gasteiger partial charge in [0, 0.05) is 40.8 Å². The zero-order valence-corrected chi connectivity index (χ0v) is 24.5. The highest BCUT2D eigenvalue weighted by Crippen LogP contribution is 2.39. The van der Waals surface area contributed by atoms with Crippen LogP contribution in [-0.2, 0) is 4.79 Å². The van der Waals surface area contributed by atoms with Gasteiger partial charge in [-0.2, -0.15) is 0 Å². The van der Waals surface area contributed by atoms with E-state index in [1.807, 2.05) is 39.8 Å². The summed E-state index contributed by atoms with van der Waals surface area (Å²) < 4.78 is 16.8. The van der Waals surface area contributed by atoms with Crippen LogP contribution < -0.4 is 25.0 Å². The number of benzene rings is 3. The van der Waals surface area contributed by atoms with Crippen molar-refractivity contribution in [1.82, 2.24) is 15.4 Å². The fraction of sp³-hybridized carbons (Fsp3) is 0.300. The molecule has 0 saturated carbocycles. The van der Waals surface area contributed by atoms with Gasteiger partial charge >= 0.3 is 0 Å². The van der Waals surface area contributed by atoms with E-state index in [4.69, 9.17) is 31.0 Å². The first-order chi connectivity index (χ1) is 19.4. The molecule has 11 heteroatoms. The van der Waals surface area contributed by atoms with Crippen LogP contribution in [0.3, 0.4) is 0 Å². The van der Waals surface area contributed by atoms with Gasteiger partial charge in [0.05, 0.1) is 30.3 Å². The lowest BCUT2D eigenvalue weighted by Crippen LogP contribution is -2.46. The number of rotatable bonds is 10. The molecule has 0 atom stereocenters. The van der Waals surface area contributed by atoms with E-state index in [0.29, 0.717) is 55.9 Å². The molecule has 10 nitrogen and oxygen atoms in total. The molecule has 0 saturated heterocycles. The molecule has 0 aliphatic carbocycles. The zero-order valence-electron chi connectivity index (χ0n) is 23.7. The van der Waals surface area contributed by atoms with Crippen molar-refractivity contribution in [2.75, 3.05) is 19.5 Å². The molecular weight excluding hydrogens is 548 g/mol. The fourth-order valence-electron chi connectivity index (χ4n) is 4.19. The van der Waals surface area contributed by atoms with Crippen LogP contribution in [0.2, 0.25) is 5.02 Å². The number of ether oxygens (including phenoxy) is 3. The molecule has 41 heavy (non-hydrogen) atoms. The van der Waals surface area contributed by atoms with Crippen LogP contribution in [0, 0.1) is 5.41 Å². The number of carbonyl (C=O) groups is 2. The van der Waals surface area contributed by atoms with E-state index in [0.717, 1.165) is 0 Å². The molecule has 0 aliphatic rings. The van der Waals surface area contributed by atoms with Crippen molar-refractivity contribution in [2.45, 2.75) is 39.7 Å². The van der Waals surface area contributed by atoms with Crippen LogP contribution >= 0.6 is 11.6 Å². The number of carbonyl (C=O) groups excluding carboxylic acids is 2. The van der Waals surface area contributed by atoms with Crippen molar-refractivity contribution >= 4 is 40.1 Å². The van der Waals surface area contributed by atoms with Gasteiger partial charge in [-0.25, -0.2) is 10.5 Å². The minimum atomic E-state index is -0.751. The number of nitrogens with zero attached hydrogens (tertiary/aromatic N) is 1. The maximum absolute atomic E-state index is 13.0. The van der Waals surface area contributed by atoms with Gasteiger partial charge in [0.15, 0.2) is 0 Å². The van der Waals surface area contributed by atoms with Crippen LogP contribution in [-0.4, -0.2) is 46.8 Å². The summed E-state index contributed by atoms with van der Waals surface area (Å²) in [5.41, 5.74) is 3.24. The van der Waals surface area contributed by atoms with Crippen molar-refractivity contribution in [3.8, 4) is 28.6 Å². The molecule has 0 radical (unpaired) electrons. The van der Waals surface area contributed by atoms with Crippen molar-refractivity contribution in [3.63, 3.8) is 0 Å². The van der Waals surface area contributed by atoms with Gasteiger partial charge in [0.1, 0.15) is 28.7 Å². The second-order valence-electron chi connectivity index (χ2n) is 10.7. The molecule has 0 bridgehead atoms. The van der Waals surface area contributed by atoms with E-state index in [-0.39, 0.29) is 12.3 Å². The minimum absolute atomic E-state index is 0.0731. The van der Waals surface area contributed by atoms with Gasteiger partial charge in [0.25, 0.3) is 5.91 Å². The maximum atomic E-state index is 13.0.